The number of rotatable bonds is 9. The first kappa shape index (κ1) is 23.0. The van der Waals surface area contributed by atoms with Crippen LogP contribution >= 0.6 is 0 Å². The Morgan fingerprint density at radius 2 is 1.89 bits per heavy atom. The smallest absolute Gasteiger partial charge is 0.252 e. The molecule has 0 bridgehead atoms. The monoisotopic (exact) mass is 498 g/mol. The molecule has 1 aliphatic heterocycles. The first-order chi connectivity index (χ1) is 18.2. The molecule has 0 amide bonds. The molecule has 188 valence electrons. The highest BCUT2D eigenvalue weighted by molar-refractivity contribution is 5.83. The lowest BCUT2D eigenvalue weighted by molar-refractivity contribution is 0.149. The largest absolute Gasteiger partial charge is 0.468 e. The highest BCUT2D eigenvalue weighted by Gasteiger charge is 2.27. The van der Waals surface area contributed by atoms with Gasteiger partial charge in [-0.1, -0.05) is 37.3 Å². The summed E-state index contributed by atoms with van der Waals surface area (Å²) in [4.78, 5) is 18.3. The normalized spacial score (nSPS) is 13.5. The van der Waals surface area contributed by atoms with E-state index in [1.165, 1.54) is 0 Å². The molecule has 0 spiro atoms. The fraction of sp³-hybridized carbons (Fsp3) is 0.259. The maximum absolute atomic E-state index is 13.2. The highest BCUT2D eigenvalue weighted by Crippen LogP contribution is 2.35. The molecule has 0 fully saturated rings. The summed E-state index contributed by atoms with van der Waals surface area (Å²) in [6.07, 6.45) is 2.39. The maximum atomic E-state index is 13.2. The van der Waals surface area contributed by atoms with Crippen LogP contribution in [0.1, 0.15) is 42.1 Å². The summed E-state index contributed by atoms with van der Waals surface area (Å²) < 4.78 is 18.5. The van der Waals surface area contributed by atoms with E-state index in [1.807, 2.05) is 59.3 Å². The average Bonchev–Trinajstić information content (AvgIpc) is 3.68. The summed E-state index contributed by atoms with van der Waals surface area (Å²) in [5.41, 5.74) is 2.27. The van der Waals surface area contributed by atoms with Gasteiger partial charge in [0.2, 0.25) is 6.79 Å². The van der Waals surface area contributed by atoms with Crippen LogP contribution < -0.4 is 15.0 Å². The Morgan fingerprint density at radius 3 is 2.68 bits per heavy atom. The number of nitrogens with one attached hydrogen (secondary N) is 1. The number of hydrogen-bond donors (Lipinski definition) is 1. The lowest BCUT2D eigenvalue weighted by atomic mass is 10.1. The third-order valence-corrected chi connectivity index (χ3v) is 6.59. The molecule has 10 heteroatoms. The van der Waals surface area contributed by atoms with Crippen LogP contribution in [0.5, 0.6) is 11.5 Å². The van der Waals surface area contributed by atoms with E-state index < -0.39 is 0 Å². The summed E-state index contributed by atoms with van der Waals surface area (Å²) in [6.45, 7) is 3.68. The molecule has 37 heavy (non-hydrogen) atoms. The molecule has 5 aromatic rings. The Balaban J connectivity index is 1.35. The van der Waals surface area contributed by atoms with Gasteiger partial charge in [0.25, 0.3) is 5.56 Å². The quantitative estimate of drug-likeness (QED) is 0.324. The van der Waals surface area contributed by atoms with Crippen molar-refractivity contribution in [1.29, 1.82) is 0 Å². The Kier molecular flexibility index (Phi) is 6.15. The molecule has 3 aromatic heterocycles. The molecule has 0 aliphatic carbocycles. The van der Waals surface area contributed by atoms with Gasteiger partial charge in [-0.05, 0) is 46.7 Å². The number of aromatic amines is 1. The van der Waals surface area contributed by atoms with Crippen LogP contribution in [0.2, 0.25) is 0 Å². The number of pyridine rings is 1. The van der Waals surface area contributed by atoms with Crippen LogP contribution in [0, 0.1) is 0 Å². The van der Waals surface area contributed by atoms with Crippen molar-refractivity contribution in [3.05, 3.63) is 100.0 Å². The molecule has 0 radical (unpaired) electrons. The van der Waals surface area contributed by atoms with Crippen molar-refractivity contribution in [2.24, 2.45) is 0 Å². The van der Waals surface area contributed by atoms with Gasteiger partial charge in [-0.15, -0.1) is 5.10 Å². The molecule has 10 nitrogen and oxygen atoms in total. The Labute approximate surface area is 212 Å². The number of nitrogens with zero attached hydrogens (tertiary/aromatic N) is 5. The molecule has 0 saturated carbocycles. The van der Waals surface area contributed by atoms with E-state index in [9.17, 15) is 4.79 Å². The van der Waals surface area contributed by atoms with E-state index >= 15 is 0 Å². The van der Waals surface area contributed by atoms with Gasteiger partial charge in [0.1, 0.15) is 5.76 Å². The summed E-state index contributed by atoms with van der Waals surface area (Å²) in [6, 6.07) is 19.3. The SMILES string of the molecule is CC[C@@H](c1nnnn1Cc1ccccc1)N(Cc1ccco1)Cc1cc2cc3c(cc2[nH]c1=O)OCO3. The van der Waals surface area contributed by atoms with Crippen molar-refractivity contribution < 1.29 is 13.9 Å². The molecule has 2 aromatic carbocycles. The molecular formula is C27H26N6O4. The van der Waals surface area contributed by atoms with E-state index in [2.05, 4.69) is 32.3 Å². The van der Waals surface area contributed by atoms with Crippen LogP contribution in [0.25, 0.3) is 10.9 Å². The summed E-state index contributed by atoms with van der Waals surface area (Å²) in [7, 11) is 0. The van der Waals surface area contributed by atoms with Crippen LogP contribution in [0.15, 0.2) is 76.1 Å². The number of aromatic nitrogens is 5. The van der Waals surface area contributed by atoms with Crippen LogP contribution in [-0.4, -0.2) is 36.9 Å². The standard InChI is InChI=1S/C27H26N6O4/c1-2-23(26-29-30-31-33(26)14-18-7-4-3-5-8-18)32(16-21-9-6-10-35-21)15-20-11-19-12-24-25(37-17-36-24)13-22(19)28-27(20)34/h3-13,23H,2,14-17H2,1H3,(H,28,34)/t23-/m0/s1. The minimum Gasteiger partial charge on any atom is -0.468 e. The lowest BCUT2D eigenvalue weighted by Crippen LogP contribution is -2.32. The Bertz CT molecular complexity index is 1560. The van der Waals surface area contributed by atoms with Crippen molar-refractivity contribution in [2.45, 2.75) is 39.0 Å². The predicted molar refractivity (Wildman–Crippen MR) is 135 cm³/mol. The first-order valence-corrected chi connectivity index (χ1v) is 12.2. The van der Waals surface area contributed by atoms with Crippen molar-refractivity contribution >= 4 is 10.9 Å². The molecule has 1 aliphatic rings. The van der Waals surface area contributed by atoms with Crippen LogP contribution in [0.3, 0.4) is 0 Å². The van der Waals surface area contributed by atoms with Crippen molar-refractivity contribution in [3.63, 3.8) is 0 Å². The fourth-order valence-electron chi connectivity index (χ4n) is 4.78. The van der Waals surface area contributed by atoms with E-state index in [1.54, 1.807) is 12.3 Å². The molecular weight excluding hydrogens is 472 g/mol. The van der Waals surface area contributed by atoms with Gasteiger partial charge in [-0.25, -0.2) is 4.68 Å². The molecule has 0 unspecified atom stereocenters. The zero-order chi connectivity index (χ0) is 25.2. The molecule has 6 rings (SSSR count). The zero-order valence-corrected chi connectivity index (χ0v) is 20.3. The third kappa shape index (κ3) is 4.70. The maximum Gasteiger partial charge on any atom is 0.252 e. The van der Waals surface area contributed by atoms with Gasteiger partial charge in [-0.2, -0.15) is 0 Å². The number of benzene rings is 2. The van der Waals surface area contributed by atoms with Gasteiger partial charge in [0.15, 0.2) is 17.3 Å². The average molecular weight is 499 g/mol. The van der Waals surface area contributed by atoms with Gasteiger partial charge < -0.3 is 18.9 Å². The van der Waals surface area contributed by atoms with Gasteiger partial charge in [0.05, 0.1) is 30.9 Å². The number of ether oxygens (including phenoxy) is 2. The highest BCUT2D eigenvalue weighted by atomic mass is 16.7. The van der Waals surface area contributed by atoms with Crippen molar-refractivity contribution in [2.75, 3.05) is 6.79 Å². The van der Waals surface area contributed by atoms with Gasteiger partial charge >= 0.3 is 0 Å². The number of hydrogen-bond acceptors (Lipinski definition) is 8. The van der Waals surface area contributed by atoms with Crippen molar-refractivity contribution in [3.8, 4) is 11.5 Å². The number of tetrazole rings is 1. The predicted octanol–water partition coefficient (Wildman–Crippen LogP) is 4.04. The molecule has 1 N–H and O–H groups in total. The first-order valence-electron chi connectivity index (χ1n) is 12.2. The third-order valence-electron chi connectivity index (χ3n) is 6.59. The Hall–Kier alpha value is -4.44. The second-order valence-corrected chi connectivity index (χ2v) is 9.01. The van der Waals surface area contributed by atoms with Gasteiger partial charge in [-0.3, -0.25) is 9.69 Å². The second kappa shape index (κ2) is 9.90. The number of fused-ring (bicyclic) bond motifs is 2. The van der Waals surface area contributed by atoms with Crippen molar-refractivity contribution in [1.82, 2.24) is 30.1 Å². The van der Waals surface area contributed by atoms with E-state index in [0.29, 0.717) is 42.2 Å². The molecule has 1 atom stereocenters. The summed E-state index contributed by atoms with van der Waals surface area (Å²) >= 11 is 0. The van der Waals surface area contributed by atoms with Gasteiger partial charge in [0, 0.05) is 23.6 Å². The summed E-state index contributed by atoms with van der Waals surface area (Å²) in [5, 5.41) is 13.5. The van der Waals surface area contributed by atoms with Crippen LogP contribution in [0.4, 0.5) is 0 Å². The summed E-state index contributed by atoms with van der Waals surface area (Å²) in [5.74, 6) is 2.83. The molecule has 4 heterocycles. The minimum atomic E-state index is -0.158. The minimum absolute atomic E-state index is 0.157. The molecule has 0 saturated heterocycles. The van der Waals surface area contributed by atoms with E-state index in [4.69, 9.17) is 13.9 Å². The Morgan fingerprint density at radius 1 is 1.05 bits per heavy atom. The second-order valence-electron chi connectivity index (χ2n) is 9.01. The lowest BCUT2D eigenvalue weighted by Gasteiger charge is -2.29. The van der Waals surface area contributed by atoms with E-state index in [0.717, 1.165) is 29.0 Å². The zero-order valence-electron chi connectivity index (χ0n) is 20.3. The van der Waals surface area contributed by atoms with E-state index in [-0.39, 0.29) is 18.4 Å². The topological polar surface area (TPSA) is 111 Å². The number of furan rings is 1. The fourth-order valence-corrected chi connectivity index (χ4v) is 4.78. The number of H-pyrrole nitrogens is 1. The van der Waals surface area contributed by atoms with Crippen LogP contribution in [-0.2, 0) is 19.6 Å².